The van der Waals surface area contributed by atoms with Crippen LogP contribution < -0.4 is 15.4 Å². The molecule has 1 amide bonds. The number of ether oxygens (including phenoxy) is 1. The molecule has 118 valence electrons. The minimum absolute atomic E-state index is 0.112. The minimum atomic E-state index is -0.112. The molecule has 1 heterocycles. The first-order valence-corrected chi connectivity index (χ1v) is 8.31. The van der Waals surface area contributed by atoms with Crippen molar-refractivity contribution in [1.29, 1.82) is 0 Å². The molecule has 1 aliphatic heterocycles. The van der Waals surface area contributed by atoms with Gasteiger partial charge in [-0.2, -0.15) is 0 Å². The number of hydrogen-bond donors (Lipinski definition) is 2. The molecule has 0 bridgehead atoms. The van der Waals surface area contributed by atoms with Crippen LogP contribution in [-0.4, -0.2) is 31.1 Å². The van der Waals surface area contributed by atoms with Gasteiger partial charge in [0.1, 0.15) is 12.4 Å². The highest BCUT2D eigenvalue weighted by molar-refractivity contribution is 5.83. The number of rotatable bonds is 5. The summed E-state index contributed by atoms with van der Waals surface area (Å²) in [5.74, 6) is 2.59. The summed E-state index contributed by atoms with van der Waals surface area (Å²) in [6, 6.07) is 6.23. The maximum Gasteiger partial charge on any atom is 0.224 e. The van der Waals surface area contributed by atoms with Gasteiger partial charge in [-0.25, -0.2) is 0 Å². The second-order valence-corrected chi connectivity index (χ2v) is 7.34. The van der Waals surface area contributed by atoms with Crippen molar-refractivity contribution in [3.8, 4) is 5.75 Å². The smallest absolute Gasteiger partial charge is 0.224 e. The monoisotopic (exact) mass is 300 g/mol. The van der Waals surface area contributed by atoms with Gasteiger partial charge in [-0.1, -0.05) is 17.7 Å². The van der Waals surface area contributed by atoms with E-state index < -0.39 is 0 Å². The summed E-state index contributed by atoms with van der Waals surface area (Å²) in [5.41, 5.74) is 2.29. The first kappa shape index (κ1) is 14.1. The molecule has 2 aliphatic carbocycles. The molecule has 3 fully saturated rings. The van der Waals surface area contributed by atoms with E-state index >= 15 is 0 Å². The lowest BCUT2D eigenvalue weighted by Gasteiger charge is -2.20. The summed E-state index contributed by atoms with van der Waals surface area (Å²) >= 11 is 0. The van der Waals surface area contributed by atoms with Gasteiger partial charge in [-0.15, -0.1) is 0 Å². The summed E-state index contributed by atoms with van der Waals surface area (Å²) < 4.78 is 5.99. The Bertz CT molecular complexity index is 599. The molecule has 22 heavy (non-hydrogen) atoms. The van der Waals surface area contributed by atoms with Gasteiger partial charge >= 0.3 is 0 Å². The molecule has 1 saturated heterocycles. The van der Waals surface area contributed by atoms with Gasteiger partial charge in [0, 0.05) is 5.92 Å². The molecular weight excluding hydrogens is 276 g/mol. The van der Waals surface area contributed by atoms with E-state index in [9.17, 15) is 4.79 Å². The number of aryl methyl sites for hydroxylation is 2. The van der Waals surface area contributed by atoms with E-state index in [1.54, 1.807) is 0 Å². The van der Waals surface area contributed by atoms with E-state index in [-0.39, 0.29) is 17.4 Å². The molecule has 0 aromatic heterocycles. The average molecular weight is 300 g/mol. The summed E-state index contributed by atoms with van der Waals surface area (Å²) in [6.07, 6.45) is 2.06. The maximum absolute atomic E-state index is 12.4. The standard InChI is InChI=1S/C18H24N2O2/c1-11-3-4-15(12(2)7-11)22-10-18(5-6-18)20-17(21)16-13-8-19-9-14(13)16/h3-4,7,13-14,16,19H,5-6,8-10H2,1-2H3,(H,20,21)/t13-,14+,16+. The number of hydrogen-bond acceptors (Lipinski definition) is 3. The molecule has 4 nitrogen and oxygen atoms in total. The molecule has 0 unspecified atom stereocenters. The molecule has 2 N–H and O–H groups in total. The molecule has 3 aliphatic rings. The largest absolute Gasteiger partial charge is 0.491 e. The lowest BCUT2D eigenvalue weighted by Crippen LogP contribution is -2.43. The number of nitrogens with one attached hydrogen (secondary N) is 2. The Balaban J connectivity index is 1.33. The number of piperidine rings is 1. The van der Waals surface area contributed by atoms with E-state index in [0.29, 0.717) is 18.4 Å². The van der Waals surface area contributed by atoms with E-state index in [1.807, 2.05) is 6.07 Å². The molecule has 2 saturated carbocycles. The fourth-order valence-electron chi connectivity index (χ4n) is 3.79. The van der Waals surface area contributed by atoms with Crippen molar-refractivity contribution in [3.05, 3.63) is 29.3 Å². The summed E-state index contributed by atoms with van der Waals surface area (Å²) in [7, 11) is 0. The van der Waals surface area contributed by atoms with Crippen LogP contribution in [0.5, 0.6) is 5.75 Å². The van der Waals surface area contributed by atoms with Crippen LogP contribution in [0.15, 0.2) is 18.2 Å². The molecule has 4 rings (SSSR count). The molecule has 1 aromatic carbocycles. The van der Waals surface area contributed by atoms with Gasteiger partial charge in [0.05, 0.1) is 5.54 Å². The van der Waals surface area contributed by atoms with Crippen molar-refractivity contribution >= 4 is 5.91 Å². The third kappa shape index (κ3) is 2.50. The van der Waals surface area contributed by atoms with Crippen LogP contribution in [0.2, 0.25) is 0 Å². The highest BCUT2D eigenvalue weighted by atomic mass is 16.5. The minimum Gasteiger partial charge on any atom is -0.491 e. The summed E-state index contributed by atoms with van der Waals surface area (Å²) in [5, 5.41) is 6.61. The van der Waals surface area contributed by atoms with Crippen LogP contribution in [-0.2, 0) is 4.79 Å². The van der Waals surface area contributed by atoms with Crippen molar-refractivity contribution < 1.29 is 9.53 Å². The van der Waals surface area contributed by atoms with Gasteiger partial charge in [0.15, 0.2) is 0 Å². The van der Waals surface area contributed by atoms with Gasteiger partial charge in [-0.3, -0.25) is 4.79 Å². The number of fused-ring (bicyclic) bond motifs is 1. The molecule has 4 heteroatoms. The number of amides is 1. The SMILES string of the molecule is Cc1ccc(OCC2(NC(=O)[C@H]3[C@@H]4CNC[C@@H]43)CC2)c(C)c1. The van der Waals surface area contributed by atoms with Crippen LogP contribution in [0.25, 0.3) is 0 Å². The van der Waals surface area contributed by atoms with Crippen LogP contribution >= 0.6 is 0 Å². The summed E-state index contributed by atoms with van der Waals surface area (Å²) in [6.45, 7) is 6.76. The van der Waals surface area contributed by atoms with Crippen molar-refractivity contribution in [2.75, 3.05) is 19.7 Å². The third-order valence-corrected chi connectivity index (χ3v) is 5.47. The highest BCUT2D eigenvalue weighted by Crippen LogP contribution is 2.49. The zero-order valence-corrected chi connectivity index (χ0v) is 13.3. The molecular formula is C18H24N2O2. The average Bonchev–Trinajstić information content (AvgIpc) is 3.35. The van der Waals surface area contributed by atoms with Crippen LogP contribution in [0.3, 0.4) is 0 Å². The summed E-state index contributed by atoms with van der Waals surface area (Å²) in [4.78, 5) is 12.4. The van der Waals surface area contributed by atoms with Crippen LogP contribution in [0.4, 0.5) is 0 Å². The predicted molar refractivity (Wildman–Crippen MR) is 84.9 cm³/mol. The van der Waals surface area contributed by atoms with Crippen molar-refractivity contribution in [3.63, 3.8) is 0 Å². The van der Waals surface area contributed by atoms with Crippen molar-refractivity contribution in [2.24, 2.45) is 17.8 Å². The fourth-order valence-corrected chi connectivity index (χ4v) is 3.79. The first-order chi connectivity index (χ1) is 10.6. The lowest BCUT2D eigenvalue weighted by molar-refractivity contribution is -0.124. The van der Waals surface area contributed by atoms with Gasteiger partial charge in [0.25, 0.3) is 0 Å². The Morgan fingerprint density at radius 2 is 2.05 bits per heavy atom. The van der Waals surface area contributed by atoms with Crippen LogP contribution in [0.1, 0.15) is 24.0 Å². The zero-order chi connectivity index (χ0) is 15.3. The zero-order valence-electron chi connectivity index (χ0n) is 13.3. The second kappa shape index (κ2) is 4.98. The Morgan fingerprint density at radius 1 is 1.32 bits per heavy atom. The number of carbonyl (C=O) groups is 1. The first-order valence-electron chi connectivity index (χ1n) is 8.31. The van der Waals surface area contributed by atoms with Crippen molar-refractivity contribution in [1.82, 2.24) is 10.6 Å². The van der Waals surface area contributed by atoms with E-state index in [1.165, 1.54) is 5.56 Å². The Labute approximate surface area is 131 Å². The maximum atomic E-state index is 12.4. The molecule has 3 atom stereocenters. The molecule has 1 aromatic rings. The number of carbonyl (C=O) groups excluding carboxylic acids is 1. The highest BCUT2D eigenvalue weighted by Gasteiger charge is 2.58. The van der Waals surface area contributed by atoms with E-state index in [0.717, 1.165) is 37.2 Å². The molecule has 0 radical (unpaired) electrons. The Kier molecular flexibility index (Phi) is 3.19. The van der Waals surface area contributed by atoms with Crippen LogP contribution in [0, 0.1) is 31.6 Å². The second-order valence-electron chi connectivity index (χ2n) is 7.34. The normalized spacial score (nSPS) is 30.5. The van der Waals surface area contributed by atoms with Gasteiger partial charge in [0.2, 0.25) is 5.91 Å². The lowest BCUT2D eigenvalue weighted by atomic mass is 10.1. The Hall–Kier alpha value is -1.55. The van der Waals surface area contributed by atoms with E-state index in [2.05, 4.69) is 36.6 Å². The fraction of sp³-hybridized carbons (Fsp3) is 0.611. The Morgan fingerprint density at radius 3 is 2.68 bits per heavy atom. The van der Waals surface area contributed by atoms with E-state index in [4.69, 9.17) is 4.74 Å². The topological polar surface area (TPSA) is 50.4 Å². The van der Waals surface area contributed by atoms with Crippen molar-refractivity contribution in [2.45, 2.75) is 32.2 Å². The van der Waals surface area contributed by atoms with Gasteiger partial charge < -0.3 is 15.4 Å². The quantitative estimate of drug-likeness (QED) is 0.872. The number of benzene rings is 1. The van der Waals surface area contributed by atoms with Gasteiger partial charge in [-0.05, 0) is 63.2 Å². The predicted octanol–water partition coefficient (Wildman–Crippen LogP) is 1.80. The molecule has 0 spiro atoms. The third-order valence-electron chi connectivity index (χ3n) is 5.47.